The van der Waals surface area contributed by atoms with E-state index in [1.807, 2.05) is 4.90 Å². The molecule has 1 amide bonds. The van der Waals surface area contributed by atoms with Gasteiger partial charge in [-0.3, -0.25) is 18.7 Å². The Labute approximate surface area is 166 Å². The Hall–Kier alpha value is -2.55. The van der Waals surface area contributed by atoms with Crippen LogP contribution in [-0.4, -0.2) is 51.9 Å². The van der Waals surface area contributed by atoms with Crippen LogP contribution >= 0.6 is 11.8 Å². The maximum atomic E-state index is 12.9. The molecule has 150 valence electrons. The average Bonchev–Trinajstić information content (AvgIpc) is 2.70. The molecular formula is C19H23FN4O3S. The predicted molar refractivity (Wildman–Crippen MR) is 108 cm³/mol. The minimum absolute atomic E-state index is 0.0598. The molecule has 0 aliphatic carbocycles. The van der Waals surface area contributed by atoms with Crippen LogP contribution < -0.4 is 16.1 Å². The number of halogens is 1. The summed E-state index contributed by atoms with van der Waals surface area (Å²) in [7, 11) is 3.09. The van der Waals surface area contributed by atoms with E-state index in [4.69, 9.17) is 0 Å². The van der Waals surface area contributed by atoms with Gasteiger partial charge in [-0.2, -0.15) is 0 Å². The first-order valence-electron chi connectivity index (χ1n) is 8.99. The van der Waals surface area contributed by atoms with Crippen molar-refractivity contribution in [3.63, 3.8) is 0 Å². The van der Waals surface area contributed by atoms with Gasteiger partial charge in [-0.25, -0.2) is 9.18 Å². The Balaban J connectivity index is 1.52. The number of hydrogen-bond acceptors (Lipinski definition) is 5. The first kappa shape index (κ1) is 20.2. The molecule has 1 aliphatic heterocycles. The van der Waals surface area contributed by atoms with Crippen LogP contribution in [0.1, 0.15) is 5.56 Å². The van der Waals surface area contributed by atoms with Crippen molar-refractivity contribution >= 4 is 23.5 Å². The lowest BCUT2D eigenvalue weighted by Gasteiger charge is -2.36. The molecule has 0 unspecified atom stereocenters. The summed E-state index contributed by atoms with van der Waals surface area (Å²) in [5, 5.41) is 0. The van der Waals surface area contributed by atoms with E-state index in [2.05, 4.69) is 0 Å². The highest BCUT2D eigenvalue weighted by atomic mass is 32.2. The highest BCUT2D eigenvalue weighted by molar-refractivity contribution is 7.99. The fourth-order valence-electron chi connectivity index (χ4n) is 3.14. The first-order valence-corrected chi connectivity index (χ1v) is 10.1. The Morgan fingerprint density at radius 3 is 2.32 bits per heavy atom. The molecule has 0 bridgehead atoms. The minimum Gasteiger partial charge on any atom is -0.354 e. The average molecular weight is 406 g/mol. The van der Waals surface area contributed by atoms with Crippen LogP contribution in [0, 0.1) is 5.82 Å². The molecular weight excluding hydrogens is 383 g/mol. The van der Waals surface area contributed by atoms with E-state index in [9.17, 15) is 18.8 Å². The fourth-order valence-corrected chi connectivity index (χ4v) is 4.03. The third-order valence-corrected chi connectivity index (χ3v) is 5.85. The van der Waals surface area contributed by atoms with Gasteiger partial charge in [0.05, 0.1) is 5.75 Å². The maximum Gasteiger partial charge on any atom is 0.332 e. The number of anilines is 1. The van der Waals surface area contributed by atoms with Crippen molar-refractivity contribution in [2.75, 3.05) is 36.8 Å². The number of piperazine rings is 1. The van der Waals surface area contributed by atoms with E-state index >= 15 is 0 Å². The van der Waals surface area contributed by atoms with Gasteiger partial charge in [0, 0.05) is 52.1 Å². The molecule has 0 radical (unpaired) electrons. The Bertz CT molecular complexity index is 963. The molecule has 9 heteroatoms. The molecule has 0 spiro atoms. The Morgan fingerprint density at radius 2 is 1.68 bits per heavy atom. The lowest BCUT2D eigenvalue weighted by atomic mass is 10.2. The van der Waals surface area contributed by atoms with Gasteiger partial charge >= 0.3 is 5.69 Å². The summed E-state index contributed by atoms with van der Waals surface area (Å²) in [5.41, 5.74) is 0.280. The van der Waals surface area contributed by atoms with E-state index in [-0.39, 0.29) is 23.0 Å². The van der Waals surface area contributed by atoms with Crippen LogP contribution in [0.25, 0.3) is 0 Å². The molecule has 1 aromatic carbocycles. The van der Waals surface area contributed by atoms with Gasteiger partial charge < -0.3 is 9.80 Å². The van der Waals surface area contributed by atoms with E-state index < -0.39 is 0 Å². The molecule has 0 N–H and O–H groups in total. The lowest BCUT2D eigenvalue weighted by Crippen LogP contribution is -2.51. The van der Waals surface area contributed by atoms with E-state index in [0.717, 1.165) is 10.1 Å². The summed E-state index contributed by atoms with van der Waals surface area (Å²) in [6, 6.07) is 7.74. The second-order valence-corrected chi connectivity index (χ2v) is 7.71. The van der Waals surface area contributed by atoms with Crippen LogP contribution in [0.5, 0.6) is 0 Å². The summed E-state index contributed by atoms with van der Waals surface area (Å²) in [5.74, 6) is 1.38. The van der Waals surface area contributed by atoms with Gasteiger partial charge in [0.25, 0.3) is 5.56 Å². The first-order chi connectivity index (χ1) is 13.4. The molecule has 28 heavy (non-hydrogen) atoms. The van der Waals surface area contributed by atoms with Gasteiger partial charge in [-0.05, 0) is 17.7 Å². The molecule has 2 heterocycles. The van der Waals surface area contributed by atoms with Crippen molar-refractivity contribution in [1.29, 1.82) is 0 Å². The third kappa shape index (κ3) is 4.46. The van der Waals surface area contributed by atoms with Gasteiger partial charge in [-0.15, -0.1) is 11.8 Å². The van der Waals surface area contributed by atoms with Crippen molar-refractivity contribution in [3.05, 3.63) is 62.6 Å². The standard InChI is InChI=1S/C19H23FN4O3S/c1-21-16(11-17(25)22(2)19(21)27)23-7-9-24(10-8-23)18(26)13-28-12-14-3-5-15(20)6-4-14/h3-6,11H,7-10,12-13H2,1-2H3. The van der Waals surface area contributed by atoms with Gasteiger partial charge in [-0.1, -0.05) is 12.1 Å². The number of hydrogen-bond donors (Lipinski definition) is 0. The quantitative estimate of drug-likeness (QED) is 0.735. The number of carbonyl (C=O) groups is 1. The second-order valence-electron chi connectivity index (χ2n) is 6.73. The smallest absolute Gasteiger partial charge is 0.332 e. The highest BCUT2D eigenvalue weighted by Gasteiger charge is 2.23. The van der Waals surface area contributed by atoms with Crippen LogP contribution in [0.4, 0.5) is 10.2 Å². The Kier molecular flexibility index (Phi) is 6.23. The SMILES string of the molecule is Cn1c(N2CCN(C(=O)CSCc3ccc(F)cc3)CC2)cc(=O)n(C)c1=O. The summed E-state index contributed by atoms with van der Waals surface area (Å²) in [6.07, 6.45) is 0. The van der Waals surface area contributed by atoms with Crippen molar-refractivity contribution in [2.45, 2.75) is 5.75 Å². The topological polar surface area (TPSA) is 67.5 Å². The normalized spacial score (nSPS) is 14.4. The summed E-state index contributed by atoms with van der Waals surface area (Å²) in [4.78, 5) is 40.2. The monoisotopic (exact) mass is 406 g/mol. The number of carbonyl (C=O) groups excluding carboxylic acids is 1. The fraction of sp³-hybridized carbons (Fsp3) is 0.421. The molecule has 7 nitrogen and oxygen atoms in total. The van der Waals surface area contributed by atoms with Crippen molar-refractivity contribution in [2.24, 2.45) is 14.1 Å². The van der Waals surface area contributed by atoms with Crippen LogP contribution in [0.2, 0.25) is 0 Å². The van der Waals surface area contributed by atoms with E-state index in [1.165, 1.54) is 41.6 Å². The van der Waals surface area contributed by atoms with Crippen molar-refractivity contribution < 1.29 is 9.18 Å². The van der Waals surface area contributed by atoms with E-state index in [0.29, 0.717) is 43.5 Å². The summed E-state index contributed by atoms with van der Waals surface area (Å²) >= 11 is 1.50. The molecule has 0 atom stereocenters. The lowest BCUT2D eigenvalue weighted by molar-refractivity contribution is -0.128. The van der Waals surface area contributed by atoms with E-state index in [1.54, 1.807) is 24.1 Å². The number of nitrogens with zero attached hydrogens (tertiary/aromatic N) is 4. The van der Waals surface area contributed by atoms with Crippen LogP contribution in [-0.2, 0) is 24.6 Å². The molecule has 1 fully saturated rings. The third-order valence-electron chi connectivity index (χ3n) is 4.86. The molecule has 1 aromatic heterocycles. The molecule has 1 aliphatic rings. The summed E-state index contributed by atoms with van der Waals surface area (Å²) in [6.45, 7) is 2.21. The van der Waals surface area contributed by atoms with Crippen LogP contribution in [0.15, 0.2) is 39.9 Å². The zero-order valence-corrected chi connectivity index (χ0v) is 16.7. The predicted octanol–water partition coefficient (Wildman–Crippen LogP) is 0.805. The minimum atomic E-state index is -0.363. The number of thioether (sulfide) groups is 1. The largest absolute Gasteiger partial charge is 0.354 e. The number of aromatic nitrogens is 2. The van der Waals surface area contributed by atoms with Crippen molar-refractivity contribution in [1.82, 2.24) is 14.0 Å². The van der Waals surface area contributed by atoms with Gasteiger partial charge in [0.2, 0.25) is 5.91 Å². The number of rotatable bonds is 5. The molecule has 3 rings (SSSR count). The second kappa shape index (κ2) is 8.64. The highest BCUT2D eigenvalue weighted by Crippen LogP contribution is 2.16. The molecule has 0 saturated carbocycles. The van der Waals surface area contributed by atoms with Gasteiger partial charge in [0.1, 0.15) is 11.6 Å². The zero-order valence-electron chi connectivity index (χ0n) is 15.9. The molecule has 1 saturated heterocycles. The van der Waals surface area contributed by atoms with Crippen molar-refractivity contribution in [3.8, 4) is 0 Å². The van der Waals surface area contributed by atoms with Gasteiger partial charge in [0.15, 0.2) is 0 Å². The number of benzene rings is 1. The zero-order chi connectivity index (χ0) is 20.3. The maximum absolute atomic E-state index is 12.9. The number of amides is 1. The van der Waals surface area contributed by atoms with Crippen LogP contribution in [0.3, 0.4) is 0 Å². The molecule has 2 aromatic rings. The Morgan fingerprint density at radius 1 is 1.04 bits per heavy atom. The summed E-state index contributed by atoms with van der Waals surface area (Å²) < 4.78 is 15.4.